The van der Waals surface area contributed by atoms with Gasteiger partial charge in [0.1, 0.15) is 5.75 Å². The van der Waals surface area contributed by atoms with Gasteiger partial charge in [-0.2, -0.15) is 0 Å². The highest BCUT2D eigenvalue weighted by Crippen LogP contribution is 2.37. The molecule has 0 spiro atoms. The number of rotatable bonds is 5. The van der Waals surface area contributed by atoms with Crippen LogP contribution in [0, 0.1) is 24.0 Å². The largest absolute Gasteiger partial charge is 0.496 e. The number of non-ortho nitro benzene ring substituents is 1. The zero-order valence-electron chi connectivity index (χ0n) is 16.3. The number of aryl methyl sites for hydroxylation is 2. The van der Waals surface area contributed by atoms with Gasteiger partial charge in [0, 0.05) is 31.0 Å². The summed E-state index contributed by atoms with van der Waals surface area (Å²) in [4.78, 5) is 23.9. The number of carbonyl (C=O) groups is 1. The number of nitro benzene ring substituents is 1. The second-order valence-corrected chi connectivity index (χ2v) is 7.10. The topological polar surface area (TPSA) is 90.7 Å². The fourth-order valence-corrected chi connectivity index (χ4v) is 3.86. The molecule has 0 radical (unpaired) electrons. The molecule has 1 N–H and O–H groups in total. The monoisotopic (exact) mass is 384 g/mol. The lowest BCUT2D eigenvalue weighted by Crippen LogP contribution is -2.44. The van der Waals surface area contributed by atoms with Crippen LogP contribution in [0.5, 0.6) is 5.75 Å². The van der Waals surface area contributed by atoms with Gasteiger partial charge in [0.2, 0.25) is 5.91 Å². The molecule has 1 heterocycles. The van der Waals surface area contributed by atoms with Gasteiger partial charge in [-0.15, -0.1) is 0 Å². The van der Waals surface area contributed by atoms with Crippen molar-refractivity contribution in [2.75, 3.05) is 25.6 Å². The fourth-order valence-electron chi connectivity index (χ4n) is 3.86. The Kier molecular flexibility index (Phi) is 5.65. The molecule has 0 saturated carbocycles. The van der Waals surface area contributed by atoms with Crippen LogP contribution in [0.4, 0.5) is 11.4 Å². The first-order valence-corrected chi connectivity index (χ1v) is 9.17. The van der Waals surface area contributed by atoms with E-state index in [-0.39, 0.29) is 11.6 Å². The molecular formula is C21H24N2O5. The molecule has 28 heavy (non-hydrogen) atoms. The van der Waals surface area contributed by atoms with Gasteiger partial charge < -0.3 is 14.8 Å². The lowest BCUT2D eigenvalue weighted by atomic mass is 9.73. The van der Waals surface area contributed by atoms with Crippen LogP contribution < -0.4 is 10.1 Å². The van der Waals surface area contributed by atoms with Crippen LogP contribution in [0.1, 0.15) is 29.5 Å². The summed E-state index contributed by atoms with van der Waals surface area (Å²) in [5, 5.41) is 14.0. The number of nitro groups is 1. The molecule has 1 fully saturated rings. The SMILES string of the molecule is COc1c(C)cc(NC(=O)C2(c3ccc([N+](=O)[O-])cc3)CCOCC2)cc1C. The summed E-state index contributed by atoms with van der Waals surface area (Å²) in [5.41, 5.74) is 2.57. The highest BCUT2D eigenvalue weighted by molar-refractivity contribution is 5.99. The average Bonchev–Trinajstić information content (AvgIpc) is 2.68. The number of amides is 1. The van der Waals surface area contributed by atoms with Crippen molar-refractivity contribution in [2.45, 2.75) is 32.1 Å². The number of ether oxygens (including phenoxy) is 2. The number of hydrogen-bond acceptors (Lipinski definition) is 5. The maximum atomic E-state index is 13.4. The Balaban J connectivity index is 1.93. The second kappa shape index (κ2) is 7.98. The van der Waals surface area contributed by atoms with Crippen LogP contribution in [0.25, 0.3) is 0 Å². The molecule has 148 valence electrons. The van der Waals surface area contributed by atoms with E-state index in [4.69, 9.17) is 9.47 Å². The molecule has 7 heteroatoms. The molecule has 1 saturated heterocycles. The lowest BCUT2D eigenvalue weighted by molar-refractivity contribution is -0.384. The summed E-state index contributed by atoms with van der Waals surface area (Å²) in [6, 6.07) is 10.0. The number of anilines is 1. The van der Waals surface area contributed by atoms with Gasteiger partial charge >= 0.3 is 0 Å². The van der Waals surface area contributed by atoms with Crippen LogP contribution >= 0.6 is 0 Å². The number of nitrogens with zero attached hydrogens (tertiary/aromatic N) is 1. The third kappa shape index (κ3) is 3.71. The standard InChI is InChI=1S/C21H24N2O5/c1-14-12-17(13-15(2)19(14)27-3)22-20(24)21(8-10-28-11-9-21)16-4-6-18(7-5-16)23(25)26/h4-7,12-13H,8-11H2,1-3H3,(H,22,24). The van der Waals surface area contributed by atoms with Crippen molar-refractivity contribution < 1.29 is 19.2 Å². The first kappa shape index (κ1) is 19.8. The molecule has 3 rings (SSSR count). The third-order valence-corrected chi connectivity index (χ3v) is 5.33. The molecule has 7 nitrogen and oxygen atoms in total. The highest BCUT2D eigenvalue weighted by atomic mass is 16.6. The Morgan fingerprint density at radius 3 is 2.21 bits per heavy atom. The van der Waals surface area contributed by atoms with Crippen LogP contribution in [-0.2, 0) is 14.9 Å². The molecule has 0 atom stereocenters. The maximum Gasteiger partial charge on any atom is 0.269 e. The molecule has 1 amide bonds. The molecule has 1 aliphatic rings. The summed E-state index contributed by atoms with van der Waals surface area (Å²) >= 11 is 0. The second-order valence-electron chi connectivity index (χ2n) is 7.10. The van der Waals surface area contributed by atoms with E-state index in [1.54, 1.807) is 19.2 Å². The molecule has 0 unspecified atom stereocenters. The van der Waals surface area contributed by atoms with Crippen molar-refractivity contribution in [3.05, 3.63) is 63.2 Å². The Labute approximate surface area is 163 Å². The van der Waals surface area contributed by atoms with Gasteiger partial charge in [0.15, 0.2) is 0 Å². The van der Waals surface area contributed by atoms with Gasteiger partial charge in [-0.05, 0) is 55.5 Å². The van der Waals surface area contributed by atoms with E-state index in [2.05, 4.69) is 5.32 Å². The van der Waals surface area contributed by atoms with Crippen LogP contribution in [-0.4, -0.2) is 31.2 Å². The van der Waals surface area contributed by atoms with Gasteiger partial charge in [-0.1, -0.05) is 12.1 Å². The minimum absolute atomic E-state index is 0.00720. The molecular weight excluding hydrogens is 360 g/mol. The normalized spacial score (nSPS) is 15.7. The minimum atomic E-state index is -0.783. The highest BCUT2D eigenvalue weighted by Gasteiger charge is 2.42. The molecule has 0 aromatic heterocycles. The predicted octanol–water partition coefficient (Wildman–Crippen LogP) is 3.91. The molecule has 2 aromatic rings. The Bertz CT molecular complexity index is 863. The minimum Gasteiger partial charge on any atom is -0.496 e. The van der Waals surface area contributed by atoms with Gasteiger partial charge in [-0.3, -0.25) is 14.9 Å². The third-order valence-electron chi connectivity index (χ3n) is 5.33. The quantitative estimate of drug-likeness (QED) is 0.623. The molecule has 0 bridgehead atoms. The molecule has 1 aliphatic heterocycles. The number of methoxy groups -OCH3 is 1. The van der Waals surface area contributed by atoms with Crippen molar-refractivity contribution in [3.8, 4) is 5.75 Å². The number of carbonyl (C=O) groups excluding carboxylic acids is 1. The summed E-state index contributed by atoms with van der Waals surface area (Å²) < 4.78 is 10.9. The summed E-state index contributed by atoms with van der Waals surface area (Å²) in [7, 11) is 1.62. The lowest BCUT2D eigenvalue weighted by Gasteiger charge is -2.36. The first-order valence-electron chi connectivity index (χ1n) is 9.17. The van der Waals surface area contributed by atoms with Crippen molar-refractivity contribution in [1.82, 2.24) is 0 Å². The van der Waals surface area contributed by atoms with Crippen molar-refractivity contribution >= 4 is 17.3 Å². The Hall–Kier alpha value is -2.93. The first-order chi connectivity index (χ1) is 13.4. The average molecular weight is 384 g/mol. The van der Waals surface area contributed by atoms with E-state index in [9.17, 15) is 14.9 Å². The van der Waals surface area contributed by atoms with E-state index < -0.39 is 10.3 Å². The molecule has 2 aromatic carbocycles. The van der Waals surface area contributed by atoms with E-state index in [1.165, 1.54) is 12.1 Å². The fraction of sp³-hybridized carbons (Fsp3) is 0.381. The van der Waals surface area contributed by atoms with E-state index in [1.807, 2.05) is 26.0 Å². The van der Waals surface area contributed by atoms with Gasteiger partial charge in [-0.25, -0.2) is 0 Å². The summed E-state index contributed by atoms with van der Waals surface area (Å²) in [6.45, 7) is 4.79. The Morgan fingerprint density at radius 2 is 1.71 bits per heavy atom. The molecule has 0 aliphatic carbocycles. The summed E-state index contributed by atoms with van der Waals surface area (Å²) in [6.07, 6.45) is 1.04. The van der Waals surface area contributed by atoms with Crippen molar-refractivity contribution in [1.29, 1.82) is 0 Å². The van der Waals surface area contributed by atoms with Gasteiger partial charge in [0.05, 0.1) is 17.4 Å². The van der Waals surface area contributed by atoms with Crippen molar-refractivity contribution in [2.24, 2.45) is 0 Å². The van der Waals surface area contributed by atoms with E-state index in [0.29, 0.717) is 31.7 Å². The Morgan fingerprint density at radius 1 is 1.14 bits per heavy atom. The van der Waals surface area contributed by atoms with Crippen LogP contribution in [0.2, 0.25) is 0 Å². The number of hydrogen-bond donors (Lipinski definition) is 1. The maximum absolute atomic E-state index is 13.4. The predicted molar refractivity (Wildman–Crippen MR) is 106 cm³/mol. The van der Waals surface area contributed by atoms with Crippen LogP contribution in [0.15, 0.2) is 36.4 Å². The summed E-state index contributed by atoms with van der Waals surface area (Å²) in [5.74, 6) is 0.669. The zero-order valence-corrected chi connectivity index (χ0v) is 16.3. The van der Waals surface area contributed by atoms with Gasteiger partial charge in [0.25, 0.3) is 5.69 Å². The van der Waals surface area contributed by atoms with E-state index >= 15 is 0 Å². The van der Waals surface area contributed by atoms with Crippen LogP contribution in [0.3, 0.4) is 0 Å². The van der Waals surface area contributed by atoms with Crippen molar-refractivity contribution in [3.63, 3.8) is 0 Å². The smallest absolute Gasteiger partial charge is 0.269 e. The van der Waals surface area contributed by atoms with E-state index in [0.717, 1.165) is 22.4 Å². The number of nitrogens with one attached hydrogen (secondary N) is 1. The zero-order chi connectivity index (χ0) is 20.3. The number of benzene rings is 2.